The molecule has 1 aliphatic heterocycles. The Balaban J connectivity index is 2.09. The average Bonchev–Trinajstić information content (AvgIpc) is 2.79. The highest BCUT2D eigenvalue weighted by atomic mass is 32.2. The van der Waals surface area contributed by atoms with E-state index in [0.717, 1.165) is 4.31 Å². The fraction of sp³-hybridized carbons (Fsp3) is 0.538. The molecule has 3 N–H and O–H groups in total. The molecule has 0 aliphatic carbocycles. The van der Waals surface area contributed by atoms with Crippen molar-refractivity contribution in [2.75, 3.05) is 37.8 Å². The van der Waals surface area contributed by atoms with Gasteiger partial charge in [0.05, 0.1) is 17.4 Å². The average molecular weight is 328 g/mol. The van der Waals surface area contributed by atoms with E-state index in [-0.39, 0.29) is 11.7 Å². The number of nitrogens with two attached hydrogens (primary N) is 1. The minimum atomic E-state index is -3.37. The second kappa shape index (κ2) is 6.19. The minimum absolute atomic E-state index is 0.114. The van der Waals surface area contributed by atoms with Gasteiger partial charge in [0, 0.05) is 39.3 Å². The number of primary amides is 1. The van der Waals surface area contributed by atoms with Crippen LogP contribution in [0, 0.1) is 5.92 Å². The van der Waals surface area contributed by atoms with E-state index >= 15 is 0 Å². The van der Waals surface area contributed by atoms with Gasteiger partial charge in [-0.1, -0.05) is 0 Å². The normalized spacial score (nSPS) is 22.3. The first-order valence-corrected chi connectivity index (χ1v) is 8.40. The van der Waals surface area contributed by atoms with Crippen molar-refractivity contribution >= 4 is 21.7 Å². The van der Waals surface area contributed by atoms with Gasteiger partial charge in [0.25, 0.3) is 0 Å². The first kappa shape index (κ1) is 16.7. The molecule has 2 atom stereocenters. The number of aromatic nitrogens is 1. The molecule has 2 heterocycles. The number of sulfonamides is 1. The Labute approximate surface area is 129 Å². The number of carbonyl (C=O) groups is 1. The minimum Gasteiger partial charge on any atom is -0.391 e. The summed E-state index contributed by atoms with van der Waals surface area (Å²) in [4.78, 5) is 16.9. The molecule has 8 nitrogen and oxygen atoms in total. The topological polar surface area (TPSA) is 117 Å². The van der Waals surface area contributed by atoms with E-state index < -0.39 is 22.0 Å². The van der Waals surface area contributed by atoms with Gasteiger partial charge in [-0.05, 0) is 12.1 Å². The lowest BCUT2D eigenvalue weighted by molar-refractivity contribution is 0.1000. The van der Waals surface area contributed by atoms with Crippen molar-refractivity contribution in [3.05, 3.63) is 23.9 Å². The number of β-amino-alcohol motifs (C(OH)–C–C–N with tert-alkyl or cyclic N) is 1. The van der Waals surface area contributed by atoms with Gasteiger partial charge < -0.3 is 15.7 Å². The maximum atomic E-state index is 11.9. The molecule has 0 bridgehead atoms. The van der Waals surface area contributed by atoms with Gasteiger partial charge in [-0.15, -0.1) is 0 Å². The third-order valence-corrected chi connectivity index (χ3v) is 5.71. The van der Waals surface area contributed by atoms with E-state index in [1.165, 1.54) is 20.3 Å². The molecule has 0 radical (unpaired) electrons. The molecule has 22 heavy (non-hydrogen) atoms. The van der Waals surface area contributed by atoms with Gasteiger partial charge in [0.2, 0.25) is 15.9 Å². The molecule has 1 fully saturated rings. The lowest BCUT2D eigenvalue weighted by Gasteiger charge is -2.18. The third-order valence-electron chi connectivity index (χ3n) is 3.74. The summed E-state index contributed by atoms with van der Waals surface area (Å²) >= 11 is 0. The Bertz CT molecular complexity index is 645. The van der Waals surface area contributed by atoms with Gasteiger partial charge in [-0.3, -0.25) is 4.79 Å². The van der Waals surface area contributed by atoms with Crippen LogP contribution >= 0.6 is 0 Å². The molecule has 0 spiro atoms. The highest BCUT2D eigenvalue weighted by Crippen LogP contribution is 2.24. The van der Waals surface area contributed by atoms with Crippen LogP contribution in [0.25, 0.3) is 0 Å². The van der Waals surface area contributed by atoms with Crippen molar-refractivity contribution in [2.24, 2.45) is 11.7 Å². The van der Waals surface area contributed by atoms with Crippen molar-refractivity contribution in [2.45, 2.75) is 6.10 Å². The van der Waals surface area contributed by atoms with E-state index in [4.69, 9.17) is 5.73 Å². The quantitative estimate of drug-likeness (QED) is 0.706. The van der Waals surface area contributed by atoms with Crippen molar-refractivity contribution < 1.29 is 18.3 Å². The SMILES string of the molecule is CN(C)S(=O)(=O)C[C@@H]1CN(c2ccc(C(N)=O)cn2)C[C@@H]1O. The van der Waals surface area contributed by atoms with Crippen molar-refractivity contribution in [3.63, 3.8) is 0 Å². The van der Waals surface area contributed by atoms with E-state index in [1.807, 2.05) is 0 Å². The first-order chi connectivity index (χ1) is 10.2. The molecular weight excluding hydrogens is 308 g/mol. The Hall–Kier alpha value is -1.71. The Morgan fingerprint density at radius 2 is 2.14 bits per heavy atom. The first-order valence-electron chi connectivity index (χ1n) is 6.80. The zero-order valence-electron chi connectivity index (χ0n) is 12.5. The smallest absolute Gasteiger partial charge is 0.250 e. The standard InChI is InChI=1S/C13H20N4O4S/c1-16(2)22(20,21)8-10-6-17(7-11(10)18)12-4-3-9(5-15-12)13(14)19/h3-5,10-11,18H,6-8H2,1-2H3,(H2,14,19)/t10-,11-/m0/s1. The number of anilines is 1. The molecule has 2 rings (SSSR count). The van der Waals surface area contributed by atoms with Crippen LogP contribution in [-0.2, 0) is 10.0 Å². The Morgan fingerprint density at radius 1 is 1.45 bits per heavy atom. The third kappa shape index (κ3) is 3.54. The van der Waals surface area contributed by atoms with Gasteiger partial charge in [-0.2, -0.15) is 0 Å². The number of carbonyl (C=O) groups excluding carboxylic acids is 1. The summed E-state index contributed by atoms with van der Waals surface area (Å²) in [5, 5.41) is 10.1. The summed E-state index contributed by atoms with van der Waals surface area (Å²) in [6.07, 6.45) is 0.626. The van der Waals surface area contributed by atoms with E-state index in [1.54, 1.807) is 17.0 Å². The van der Waals surface area contributed by atoms with Gasteiger partial charge in [-0.25, -0.2) is 17.7 Å². The highest BCUT2D eigenvalue weighted by molar-refractivity contribution is 7.89. The maximum Gasteiger partial charge on any atom is 0.250 e. The molecule has 1 aliphatic rings. The van der Waals surface area contributed by atoms with Crippen LogP contribution < -0.4 is 10.6 Å². The Kier molecular flexibility index (Phi) is 4.69. The summed E-state index contributed by atoms with van der Waals surface area (Å²) in [5.74, 6) is -0.480. The summed E-state index contributed by atoms with van der Waals surface area (Å²) < 4.78 is 25.0. The summed E-state index contributed by atoms with van der Waals surface area (Å²) in [6.45, 7) is 0.688. The number of rotatable bonds is 5. The van der Waals surface area contributed by atoms with Crippen LogP contribution in [0.1, 0.15) is 10.4 Å². The van der Waals surface area contributed by atoms with Crippen molar-refractivity contribution in [1.29, 1.82) is 0 Å². The van der Waals surface area contributed by atoms with E-state index in [2.05, 4.69) is 4.98 Å². The number of hydrogen-bond donors (Lipinski definition) is 2. The van der Waals surface area contributed by atoms with Gasteiger partial charge in [0.15, 0.2) is 0 Å². The largest absolute Gasteiger partial charge is 0.391 e. The molecule has 1 aromatic rings. The summed E-state index contributed by atoms with van der Waals surface area (Å²) in [7, 11) is -0.431. The van der Waals surface area contributed by atoms with Crippen LogP contribution in [0.2, 0.25) is 0 Å². The van der Waals surface area contributed by atoms with Crippen LogP contribution in [0.15, 0.2) is 18.3 Å². The number of aliphatic hydroxyl groups is 1. The van der Waals surface area contributed by atoms with Gasteiger partial charge >= 0.3 is 0 Å². The monoisotopic (exact) mass is 328 g/mol. The second-order valence-electron chi connectivity index (χ2n) is 5.56. The lowest BCUT2D eigenvalue weighted by Crippen LogP contribution is -2.33. The van der Waals surface area contributed by atoms with Crippen LogP contribution in [0.3, 0.4) is 0 Å². The molecule has 1 amide bonds. The highest BCUT2D eigenvalue weighted by Gasteiger charge is 2.35. The number of aliphatic hydroxyl groups excluding tert-OH is 1. The second-order valence-corrected chi connectivity index (χ2v) is 7.79. The van der Waals surface area contributed by atoms with Gasteiger partial charge in [0.1, 0.15) is 5.82 Å². The summed E-state index contributed by atoms with van der Waals surface area (Å²) in [5.41, 5.74) is 5.46. The number of amides is 1. The fourth-order valence-corrected chi connectivity index (χ4v) is 3.51. The van der Waals surface area contributed by atoms with E-state index in [9.17, 15) is 18.3 Å². The summed E-state index contributed by atoms with van der Waals surface area (Å²) in [6, 6.07) is 3.19. The number of pyridine rings is 1. The zero-order valence-corrected chi connectivity index (χ0v) is 13.3. The molecule has 122 valence electrons. The predicted molar refractivity (Wildman–Crippen MR) is 81.9 cm³/mol. The van der Waals surface area contributed by atoms with E-state index in [0.29, 0.717) is 24.5 Å². The molecule has 0 saturated carbocycles. The maximum absolute atomic E-state index is 11.9. The fourth-order valence-electron chi connectivity index (χ4n) is 2.34. The van der Waals surface area contributed by atoms with Crippen LogP contribution in [-0.4, -0.2) is 67.8 Å². The van der Waals surface area contributed by atoms with Crippen molar-refractivity contribution in [1.82, 2.24) is 9.29 Å². The molecular formula is C13H20N4O4S. The van der Waals surface area contributed by atoms with Crippen LogP contribution in [0.5, 0.6) is 0 Å². The number of hydrogen-bond acceptors (Lipinski definition) is 6. The molecule has 0 aromatic carbocycles. The zero-order chi connectivity index (χ0) is 16.5. The lowest BCUT2D eigenvalue weighted by atomic mass is 10.1. The number of nitrogens with zero attached hydrogens (tertiary/aromatic N) is 3. The molecule has 9 heteroatoms. The molecule has 1 saturated heterocycles. The molecule has 1 aromatic heterocycles. The van der Waals surface area contributed by atoms with Crippen molar-refractivity contribution in [3.8, 4) is 0 Å². The predicted octanol–water partition coefficient (Wildman–Crippen LogP) is -1.13. The van der Waals surface area contributed by atoms with Crippen LogP contribution in [0.4, 0.5) is 5.82 Å². The molecule has 0 unspecified atom stereocenters. The Morgan fingerprint density at radius 3 is 2.64 bits per heavy atom.